The summed E-state index contributed by atoms with van der Waals surface area (Å²) >= 11 is 0. The van der Waals surface area contributed by atoms with Gasteiger partial charge in [-0.05, 0) is 49.6 Å². The highest BCUT2D eigenvalue weighted by Crippen LogP contribution is 2.19. The maximum atomic E-state index is 13.2. The third-order valence-corrected chi connectivity index (χ3v) is 5.51. The van der Waals surface area contributed by atoms with E-state index in [2.05, 4.69) is 10.6 Å². The third kappa shape index (κ3) is 9.61. The third-order valence-electron chi connectivity index (χ3n) is 5.51. The molecule has 0 aliphatic rings. The fourth-order valence-corrected chi connectivity index (χ4v) is 3.72. The molecule has 0 saturated carbocycles. The Hall–Kier alpha value is -4.33. The quantitative estimate of drug-likeness (QED) is 0.344. The minimum atomic E-state index is -1.20. The van der Waals surface area contributed by atoms with E-state index in [1.165, 1.54) is 0 Å². The maximum absolute atomic E-state index is 13.2. The van der Waals surface area contributed by atoms with Crippen molar-refractivity contribution in [3.8, 4) is 5.75 Å². The highest BCUT2D eigenvalue weighted by molar-refractivity contribution is 5.89. The van der Waals surface area contributed by atoms with E-state index in [9.17, 15) is 19.5 Å². The second-order valence-electron chi connectivity index (χ2n) is 9.91. The zero-order valence-electron chi connectivity index (χ0n) is 21.8. The smallest absolute Gasteiger partial charge is 0.408 e. The van der Waals surface area contributed by atoms with Crippen LogP contribution in [0.4, 0.5) is 4.79 Å². The summed E-state index contributed by atoms with van der Waals surface area (Å²) in [7, 11) is 0. The fourth-order valence-electron chi connectivity index (χ4n) is 3.72. The molecular formula is C30H34N2O6. The van der Waals surface area contributed by atoms with E-state index in [0.29, 0.717) is 11.3 Å². The number of nitrogens with one attached hydrogen (secondary N) is 2. The Balaban J connectivity index is 1.67. The summed E-state index contributed by atoms with van der Waals surface area (Å²) in [6, 6.07) is 23.1. The molecule has 0 heterocycles. The van der Waals surface area contributed by atoms with Crippen molar-refractivity contribution in [1.82, 2.24) is 10.6 Å². The highest BCUT2D eigenvalue weighted by atomic mass is 16.5. The molecule has 0 aromatic heterocycles. The monoisotopic (exact) mass is 518 g/mol. The van der Waals surface area contributed by atoms with Crippen LogP contribution in [-0.4, -0.2) is 40.8 Å². The van der Waals surface area contributed by atoms with Gasteiger partial charge in [0.1, 0.15) is 30.0 Å². The minimum absolute atomic E-state index is 0.0407. The molecule has 3 aromatic carbocycles. The van der Waals surface area contributed by atoms with Crippen LogP contribution in [-0.2, 0) is 33.8 Å². The summed E-state index contributed by atoms with van der Waals surface area (Å²) in [5.74, 6) is -1.14. The molecule has 0 bridgehead atoms. The number of rotatable bonds is 11. The van der Waals surface area contributed by atoms with Gasteiger partial charge in [0, 0.05) is 12.8 Å². The summed E-state index contributed by atoms with van der Waals surface area (Å²) < 4.78 is 11.1. The van der Waals surface area contributed by atoms with Crippen molar-refractivity contribution in [3.63, 3.8) is 0 Å². The van der Waals surface area contributed by atoms with Crippen LogP contribution in [0.15, 0.2) is 84.9 Å². The molecule has 0 spiro atoms. The second kappa shape index (κ2) is 13.3. The number of hydrogen-bond donors (Lipinski definition) is 3. The standard InChI is InChI=1S/C30H34N2O6/c1-30(2,3)38-24-16-14-22(15-17-24)19-26(28(34)35)31-27(33)25(18-21-10-6-4-7-11-21)32-29(36)37-20-23-12-8-5-9-13-23/h4-17,25-26H,18-20H2,1-3H3,(H,31,33)(H,32,36)(H,34,35)/t25-,26-/m0/s1. The van der Waals surface area contributed by atoms with Crippen molar-refractivity contribution in [1.29, 1.82) is 0 Å². The predicted molar refractivity (Wildman–Crippen MR) is 144 cm³/mol. The van der Waals surface area contributed by atoms with Gasteiger partial charge < -0.3 is 25.2 Å². The van der Waals surface area contributed by atoms with Gasteiger partial charge in [0.05, 0.1) is 0 Å². The zero-order valence-corrected chi connectivity index (χ0v) is 21.8. The molecule has 0 radical (unpaired) electrons. The van der Waals surface area contributed by atoms with Crippen molar-refractivity contribution in [2.75, 3.05) is 0 Å². The van der Waals surface area contributed by atoms with Gasteiger partial charge in [-0.25, -0.2) is 9.59 Å². The summed E-state index contributed by atoms with van der Waals surface area (Å²) in [5.41, 5.74) is 1.96. The molecule has 2 amide bonds. The Morgan fingerprint density at radius 3 is 1.82 bits per heavy atom. The molecule has 0 unspecified atom stereocenters. The lowest BCUT2D eigenvalue weighted by Gasteiger charge is -2.22. The van der Waals surface area contributed by atoms with Crippen molar-refractivity contribution >= 4 is 18.0 Å². The van der Waals surface area contributed by atoms with Gasteiger partial charge in [0.25, 0.3) is 0 Å². The van der Waals surface area contributed by atoms with Gasteiger partial charge in [-0.15, -0.1) is 0 Å². The van der Waals surface area contributed by atoms with Crippen molar-refractivity contribution in [2.45, 2.75) is 57.9 Å². The molecule has 3 aromatic rings. The average molecular weight is 519 g/mol. The first-order chi connectivity index (χ1) is 18.1. The summed E-state index contributed by atoms with van der Waals surface area (Å²) in [5, 5.41) is 15.0. The number of carboxylic acid groups (broad SMARTS) is 1. The lowest BCUT2D eigenvalue weighted by molar-refractivity contribution is -0.142. The number of amides is 2. The molecule has 3 rings (SSSR count). The summed E-state index contributed by atoms with van der Waals surface area (Å²) in [6.07, 6.45) is -0.544. The van der Waals surface area contributed by atoms with Crippen molar-refractivity contribution < 1.29 is 29.0 Å². The summed E-state index contributed by atoms with van der Waals surface area (Å²) in [6.45, 7) is 5.86. The average Bonchev–Trinajstić information content (AvgIpc) is 2.88. The van der Waals surface area contributed by atoms with Crippen LogP contribution < -0.4 is 15.4 Å². The van der Waals surface area contributed by atoms with Gasteiger partial charge in [-0.1, -0.05) is 72.8 Å². The Morgan fingerprint density at radius 1 is 0.737 bits per heavy atom. The molecule has 0 aliphatic carbocycles. The Morgan fingerprint density at radius 2 is 1.26 bits per heavy atom. The van der Waals surface area contributed by atoms with Crippen LogP contribution in [0.1, 0.15) is 37.5 Å². The van der Waals surface area contributed by atoms with Crippen molar-refractivity contribution in [3.05, 3.63) is 102 Å². The van der Waals surface area contributed by atoms with E-state index < -0.39 is 30.1 Å². The first kappa shape index (κ1) is 28.2. The molecule has 0 fully saturated rings. The molecule has 3 N–H and O–H groups in total. The number of carbonyl (C=O) groups is 3. The van der Waals surface area contributed by atoms with E-state index in [-0.39, 0.29) is 25.0 Å². The van der Waals surface area contributed by atoms with Gasteiger partial charge >= 0.3 is 12.1 Å². The number of benzene rings is 3. The first-order valence-corrected chi connectivity index (χ1v) is 12.4. The number of carboxylic acids is 1. The van der Waals surface area contributed by atoms with Crippen LogP contribution in [0, 0.1) is 0 Å². The number of ether oxygens (including phenoxy) is 2. The first-order valence-electron chi connectivity index (χ1n) is 12.4. The Kier molecular flexibility index (Phi) is 9.87. The van der Waals surface area contributed by atoms with Gasteiger partial charge in [0.15, 0.2) is 0 Å². The normalized spacial score (nSPS) is 12.6. The van der Waals surface area contributed by atoms with E-state index in [4.69, 9.17) is 9.47 Å². The SMILES string of the molecule is CC(C)(C)Oc1ccc(C[C@H](NC(=O)[C@H](Cc2ccccc2)NC(=O)OCc2ccccc2)C(=O)O)cc1. The topological polar surface area (TPSA) is 114 Å². The molecule has 38 heavy (non-hydrogen) atoms. The fraction of sp³-hybridized carbons (Fsp3) is 0.300. The van der Waals surface area contributed by atoms with Crippen molar-refractivity contribution in [2.24, 2.45) is 0 Å². The lowest BCUT2D eigenvalue weighted by atomic mass is 10.0. The van der Waals surface area contributed by atoms with Crippen LogP contribution in [0.25, 0.3) is 0 Å². The molecule has 8 nitrogen and oxygen atoms in total. The van der Waals surface area contributed by atoms with Crippen LogP contribution in [0.5, 0.6) is 5.75 Å². The van der Waals surface area contributed by atoms with Gasteiger partial charge in [-0.2, -0.15) is 0 Å². The molecule has 2 atom stereocenters. The van der Waals surface area contributed by atoms with E-state index >= 15 is 0 Å². The van der Waals surface area contributed by atoms with E-state index in [1.807, 2.05) is 81.4 Å². The summed E-state index contributed by atoms with van der Waals surface area (Å²) in [4.78, 5) is 37.7. The van der Waals surface area contributed by atoms with Crippen LogP contribution >= 0.6 is 0 Å². The molecule has 200 valence electrons. The Labute approximate surface area is 223 Å². The molecule has 0 aliphatic heterocycles. The number of hydrogen-bond acceptors (Lipinski definition) is 5. The lowest BCUT2D eigenvalue weighted by Crippen LogP contribution is -2.53. The highest BCUT2D eigenvalue weighted by Gasteiger charge is 2.27. The van der Waals surface area contributed by atoms with Crippen LogP contribution in [0.3, 0.4) is 0 Å². The molecular weight excluding hydrogens is 484 g/mol. The van der Waals surface area contributed by atoms with E-state index in [0.717, 1.165) is 11.1 Å². The van der Waals surface area contributed by atoms with Gasteiger partial charge in [-0.3, -0.25) is 4.79 Å². The molecule has 0 saturated heterocycles. The number of alkyl carbamates (subject to hydrolysis) is 1. The Bertz CT molecular complexity index is 1190. The number of aliphatic carboxylic acids is 1. The number of carbonyl (C=O) groups excluding carboxylic acids is 2. The minimum Gasteiger partial charge on any atom is -0.488 e. The second-order valence-corrected chi connectivity index (χ2v) is 9.91. The molecule has 8 heteroatoms. The predicted octanol–water partition coefficient (Wildman–Crippen LogP) is 4.51. The largest absolute Gasteiger partial charge is 0.488 e. The maximum Gasteiger partial charge on any atom is 0.408 e. The van der Waals surface area contributed by atoms with E-state index in [1.54, 1.807) is 24.3 Å². The van der Waals surface area contributed by atoms with Crippen LogP contribution in [0.2, 0.25) is 0 Å². The zero-order chi connectivity index (χ0) is 27.5. The van der Waals surface area contributed by atoms with Gasteiger partial charge in [0.2, 0.25) is 5.91 Å².